The first-order valence-electron chi connectivity index (χ1n) is 5.54. The minimum atomic E-state index is -0.277. The summed E-state index contributed by atoms with van der Waals surface area (Å²) in [6.07, 6.45) is 0. The van der Waals surface area contributed by atoms with Gasteiger partial charge in [0.05, 0.1) is 24.4 Å². The van der Waals surface area contributed by atoms with Crippen LogP contribution < -0.4 is 5.73 Å². The lowest BCUT2D eigenvalue weighted by Crippen LogP contribution is -2.55. The topological polar surface area (TPSA) is 68.5 Å². The summed E-state index contributed by atoms with van der Waals surface area (Å²) in [5, 5.41) is 0.442. The number of aryl methyl sites for hydroxylation is 1. The Morgan fingerprint density at radius 3 is 2.82 bits per heavy atom. The number of hydrogen-bond donors (Lipinski definition) is 1. The van der Waals surface area contributed by atoms with E-state index in [0.717, 1.165) is 0 Å². The molecule has 0 spiro atoms. The molecule has 1 aliphatic heterocycles. The molecule has 0 radical (unpaired) electrons. The molecule has 5 nitrogen and oxygen atoms in total. The van der Waals surface area contributed by atoms with Crippen LogP contribution in [0.2, 0.25) is 0 Å². The van der Waals surface area contributed by atoms with Crippen molar-refractivity contribution < 1.29 is 9.53 Å². The first kappa shape index (κ1) is 12.3. The lowest BCUT2D eigenvalue weighted by Gasteiger charge is -2.41. The Bertz CT molecular complexity index is 442. The summed E-state index contributed by atoms with van der Waals surface area (Å²) < 4.78 is 5.41. The van der Waals surface area contributed by atoms with Crippen molar-refractivity contribution in [3.63, 3.8) is 0 Å². The lowest BCUT2D eigenvalue weighted by molar-refractivity contribution is -0.0368. The number of nitrogen functional groups attached to an aromatic ring is 1. The van der Waals surface area contributed by atoms with Gasteiger partial charge in [-0.2, -0.15) is 0 Å². The zero-order valence-corrected chi connectivity index (χ0v) is 11.1. The van der Waals surface area contributed by atoms with Gasteiger partial charge in [-0.15, -0.1) is 0 Å². The molecular formula is C11H17N3O2S. The standard InChI is InChI=1S/C11H17N3O2S/c1-7-8(17-10(12)13-7)9(15)14-4-5-16-6-11(14,2)3/h4-6H2,1-3H3,(H2,12,13). The second kappa shape index (κ2) is 4.27. The van der Waals surface area contributed by atoms with Gasteiger partial charge in [0.25, 0.3) is 5.91 Å². The Kier molecular flexibility index (Phi) is 3.09. The smallest absolute Gasteiger partial charge is 0.266 e. The van der Waals surface area contributed by atoms with Crippen molar-refractivity contribution in [1.82, 2.24) is 9.88 Å². The van der Waals surface area contributed by atoms with E-state index in [4.69, 9.17) is 10.5 Å². The highest BCUT2D eigenvalue weighted by Gasteiger charge is 2.35. The highest BCUT2D eigenvalue weighted by molar-refractivity contribution is 7.17. The fourth-order valence-corrected chi connectivity index (χ4v) is 2.76. The molecule has 0 aliphatic carbocycles. The van der Waals surface area contributed by atoms with E-state index in [2.05, 4.69) is 4.98 Å². The van der Waals surface area contributed by atoms with Gasteiger partial charge in [-0.25, -0.2) is 4.98 Å². The van der Waals surface area contributed by atoms with E-state index in [9.17, 15) is 4.79 Å². The van der Waals surface area contributed by atoms with E-state index in [0.29, 0.717) is 35.5 Å². The van der Waals surface area contributed by atoms with E-state index in [1.54, 1.807) is 0 Å². The van der Waals surface area contributed by atoms with Gasteiger partial charge in [0.1, 0.15) is 4.88 Å². The van der Waals surface area contributed by atoms with Gasteiger partial charge in [-0.3, -0.25) is 4.79 Å². The molecule has 2 heterocycles. The fraction of sp³-hybridized carbons (Fsp3) is 0.636. The van der Waals surface area contributed by atoms with E-state index >= 15 is 0 Å². The van der Waals surface area contributed by atoms with Crippen LogP contribution in [-0.2, 0) is 4.74 Å². The summed E-state index contributed by atoms with van der Waals surface area (Å²) in [5.41, 5.74) is 6.06. The Morgan fingerprint density at radius 1 is 1.59 bits per heavy atom. The van der Waals surface area contributed by atoms with E-state index < -0.39 is 0 Å². The number of morpholine rings is 1. The number of carbonyl (C=O) groups is 1. The van der Waals surface area contributed by atoms with Gasteiger partial charge in [-0.05, 0) is 20.8 Å². The third-order valence-corrected chi connectivity index (χ3v) is 3.87. The van der Waals surface area contributed by atoms with Gasteiger partial charge in [0, 0.05) is 6.54 Å². The van der Waals surface area contributed by atoms with Crippen LogP contribution in [0.3, 0.4) is 0 Å². The van der Waals surface area contributed by atoms with Crippen LogP contribution in [0, 0.1) is 6.92 Å². The molecule has 1 aromatic heterocycles. The predicted octanol–water partition coefficient (Wildman–Crippen LogP) is 1.28. The van der Waals surface area contributed by atoms with Gasteiger partial charge in [0.15, 0.2) is 5.13 Å². The molecule has 94 valence electrons. The van der Waals surface area contributed by atoms with Crippen LogP contribution in [-0.4, -0.2) is 41.1 Å². The molecule has 1 fully saturated rings. The summed E-state index contributed by atoms with van der Waals surface area (Å²) in [7, 11) is 0. The maximum atomic E-state index is 12.4. The van der Waals surface area contributed by atoms with Crippen LogP contribution in [0.4, 0.5) is 5.13 Å². The number of amides is 1. The van der Waals surface area contributed by atoms with E-state index in [1.807, 2.05) is 25.7 Å². The van der Waals surface area contributed by atoms with Crippen LogP contribution in [0.1, 0.15) is 29.2 Å². The molecule has 0 aromatic carbocycles. The number of nitrogens with zero attached hydrogens (tertiary/aromatic N) is 2. The number of thiazole rings is 1. The number of ether oxygens (including phenoxy) is 1. The first-order valence-corrected chi connectivity index (χ1v) is 6.36. The minimum absolute atomic E-state index is 0.00463. The molecule has 0 atom stereocenters. The predicted molar refractivity (Wildman–Crippen MR) is 67.2 cm³/mol. The number of nitrogens with two attached hydrogens (primary N) is 1. The Balaban J connectivity index is 2.28. The fourth-order valence-electron chi connectivity index (χ4n) is 1.97. The second-order valence-corrected chi connectivity index (χ2v) is 5.82. The molecule has 0 bridgehead atoms. The quantitative estimate of drug-likeness (QED) is 0.821. The van der Waals surface area contributed by atoms with Crippen molar-refractivity contribution >= 4 is 22.4 Å². The summed E-state index contributed by atoms with van der Waals surface area (Å²) >= 11 is 1.25. The van der Waals surface area contributed by atoms with Crippen molar-refractivity contribution in [1.29, 1.82) is 0 Å². The van der Waals surface area contributed by atoms with Crippen LogP contribution in [0.5, 0.6) is 0 Å². The average molecular weight is 255 g/mol. The minimum Gasteiger partial charge on any atom is -0.377 e. The van der Waals surface area contributed by atoms with Crippen LogP contribution in [0.25, 0.3) is 0 Å². The Morgan fingerprint density at radius 2 is 2.29 bits per heavy atom. The summed E-state index contributed by atoms with van der Waals surface area (Å²) in [6.45, 7) is 7.58. The van der Waals surface area contributed by atoms with Gasteiger partial charge >= 0.3 is 0 Å². The third kappa shape index (κ3) is 2.28. The second-order valence-electron chi connectivity index (χ2n) is 4.79. The molecule has 6 heteroatoms. The summed E-state index contributed by atoms with van der Waals surface area (Å²) in [6, 6.07) is 0. The van der Waals surface area contributed by atoms with Gasteiger partial charge < -0.3 is 15.4 Å². The molecule has 2 rings (SSSR count). The molecule has 1 aromatic rings. The molecular weight excluding hydrogens is 238 g/mol. The molecule has 1 amide bonds. The maximum Gasteiger partial charge on any atom is 0.266 e. The molecule has 2 N–H and O–H groups in total. The SMILES string of the molecule is Cc1nc(N)sc1C(=O)N1CCOCC1(C)C. The van der Waals surface area contributed by atoms with E-state index in [-0.39, 0.29) is 11.4 Å². The molecule has 0 unspecified atom stereocenters. The largest absolute Gasteiger partial charge is 0.377 e. The lowest BCUT2D eigenvalue weighted by atomic mass is 10.0. The number of anilines is 1. The van der Waals surface area contributed by atoms with Crippen molar-refractivity contribution in [2.45, 2.75) is 26.3 Å². The molecule has 17 heavy (non-hydrogen) atoms. The van der Waals surface area contributed by atoms with Crippen molar-refractivity contribution in [2.75, 3.05) is 25.5 Å². The normalized spacial score (nSPS) is 19.4. The highest BCUT2D eigenvalue weighted by Crippen LogP contribution is 2.26. The monoisotopic (exact) mass is 255 g/mol. The Labute approximate surface area is 105 Å². The van der Waals surface area contributed by atoms with Crippen LogP contribution >= 0.6 is 11.3 Å². The Hall–Kier alpha value is -1.14. The van der Waals surface area contributed by atoms with Crippen molar-refractivity contribution in [2.24, 2.45) is 0 Å². The van der Waals surface area contributed by atoms with E-state index in [1.165, 1.54) is 11.3 Å². The molecule has 1 aliphatic rings. The zero-order chi connectivity index (χ0) is 12.6. The van der Waals surface area contributed by atoms with Crippen molar-refractivity contribution in [3.05, 3.63) is 10.6 Å². The third-order valence-electron chi connectivity index (χ3n) is 2.90. The molecule has 0 saturated carbocycles. The maximum absolute atomic E-state index is 12.4. The highest BCUT2D eigenvalue weighted by atomic mass is 32.1. The number of aromatic nitrogens is 1. The number of rotatable bonds is 1. The zero-order valence-electron chi connectivity index (χ0n) is 10.3. The average Bonchev–Trinajstić information content (AvgIpc) is 2.56. The van der Waals surface area contributed by atoms with Gasteiger partial charge in [0.2, 0.25) is 0 Å². The summed E-state index contributed by atoms with van der Waals surface area (Å²) in [5.74, 6) is 0.00463. The molecule has 1 saturated heterocycles. The first-order chi connectivity index (χ1) is 7.92. The number of hydrogen-bond acceptors (Lipinski definition) is 5. The number of carbonyl (C=O) groups excluding carboxylic acids is 1. The van der Waals surface area contributed by atoms with Crippen molar-refractivity contribution in [3.8, 4) is 0 Å². The summed E-state index contributed by atoms with van der Waals surface area (Å²) in [4.78, 5) is 19.0. The van der Waals surface area contributed by atoms with Crippen LogP contribution in [0.15, 0.2) is 0 Å². The van der Waals surface area contributed by atoms with Gasteiger partial charge in [-0.1, -0.05) is 11.3 Å².